The van der Waals surface area contributed by atoms with E-state index in [2.05, 4.69) is 23.2 Å². The van der Waals surface area contributed by atoms with Gasteiger partial charge in [0.05, 0.1) is 0 Å². The van der Waals surface area contributed by atoms with E-state index in [1.807, 2.05) is 21.6 Å². The van der Waals surface area contributed by atoms with Crippen molar-refractivity contribution >= 4 is 18.1 Å². The first kappa shape index (κ1) is 16.5. The van der Waals surface area contributed by atoms with Gasteiger partial charge in [0.15, 0.2) is 4.77 Å². The van der Waals surface area contributed by atoms with Crippen molar-refractivity contribution in [3.63, 3.8) is 0 Å². The van der Waals surface area contributed by atoms with E-state index in [-0.39, 0.29) is 11.8 Å². The van der Waals surface area contributed by atoms with Crippen LogP contribution in [0.15, 0.2) is 18.2 Å². The predicted molar refractivity (Wildman–Crippen MR) is 99.4 cm³/mol. The highest BCUT2D eigenvalue weighted by Gasteiger charge is 2.30. The number of carbonyl (C=O) groups is 1. The summed E-state index contributed by atoms with van der Waals surface area (Å²) in [5.74, 6) is 1.42. The molecular weight excluding hydrogens is 332 g/mol. The molecule has 6 heteroatoms. The van der Waals surface area contributed by atoms with Crippen LogP contribution in [0.3, 0.4) is 0 Å². The number of aromatic amines is 1. The topological polar surface area (TPSA) is 53.9 Å². The first-order valence-corrected chi connectivity index (χ1v) is 9.65. The van der Waals surface area contributed by atoms with Crippen molar-refractivity contribution < 1.29 is 4.79 Å². The summed E-state index contributed by atoms with van der Waals surface area (Å²) in [5, 5.41) is 7.35. The monoisotopic (exact) mass is 356 g/mol. The summed E-state index contributed by atoms with van der Waals surface area (Å²) in [6, 6.07) is 6.19. The molecule has 132 valence electrons. The summed E-state index contributed by atoms with van der Waals surface area (Å²) >= 11 is 5.32. The van der Waals surface area contributed by atoms with Gasteiger partial charge in [-0.1, -0.05) is 12.1 Å². The van der Waals surface area contributed by atoms with Crippen LogP contribution in [-0.4, -0.2) is 38.7 Å². The summed E-state index contributed by atoms with van der Waals surface area (Å²) < 4.78 is 2.72. The third-order valence-electron chi connectivity index (χ3n) is 5.55. The maximum absolute atomic E-state index is 13.2. The van der Waals surface area contributed by atoms with Crippen molar-refractivity contribution in [2.75, 3.05) is 13.1 Å². The lowest BCUT2D eigenvalue weighted by Crippen LogP contribution is -2.40. The SMILES string of the molecule is CCn1c([C@@H]2CCCN(C(=O)c3cccc4c3CCC4)C2)n[nH]c1=S. The Hall–Kier alpha value is -1.95. The minimum Gasteiger partial charge on any atom is -0.338 e. The van der Waals surface area contributed by atoms with Gasteiger partial charge >= 0.3 is 0 Å². The van der Waals surface area contributed by atoms with Gasteiger partial charge < -0.3 is 9.47 Å². The van der Waals surface area contributed by atoms with Crippen LogP contribution in [0.4, 0.5) is 0 Å². The van der Waals surface area contributed by atoms with Gasteiger partial charge in [-0.25, -0.2) is 0 Å². The molecule has 1 atom stereocenters. The Morgan fingerprint density at radius 1 is 1.36 bits per heavy atom. The van der Waals surface area contributed by atoms with Crippen LogP contribution < -0.4 is 0 Å². The molecule has 1 fully saturated rings. The van der Waals surface area contributed by atoms with Gasteiger partial charge in [-0.2, -0.15) is 5.10 Å². The number of likely N-dealkylation sites (tertiary alicyclic amines) is 1. The molecule has 1 N–H and O–H groups in total. The molecular formula is C19H24N4OS. The molecule has 0 spiro atoms. The number of fused-ring (bicyclic) bond motifs is 1. The maximum Gasteiger partial charge on any atom is 0.254 e. The quantitative estimate of drug-likeness (QED) is 0.857. The fraction of sp³-hybridized carbons (Fsp3) is 0.526. The number of amides is 1. The van der Waals surface area contributed by atoms with Crippen LogP contribution in [0.2, 0.25) is 0 Å². The third kappa shape index (κ3) is 2.92. The van der Waals surface area contributed by atoms with E-state index in [9.17, 15) is 4.79 Å². The molecule has 25 heavy (non-hydrogen) atoms. The van der Waals surface area contributed by atoms with E-state index in [4.69, 9.17) is 12.2 Å². The van der Waals surface area contributed by atoms with E-state index in [0.717, 1.165) is 63.1 Å². The number of piperidine rings is 1. The average molecular weight is 356 g/mol. The smallest absolute Gasteiger partial charge is 0.254 e. The molecule has 0 unspecified atom stereocenters. The number of aryl methyl sites for hydroxylation is 1. The van der Waals surface area contributed by atoms with E-state index >= 15 is 0 Å². The molecule has 1 aliphatic heterocycles. The maximum atomic E-state index is 13.2. The molecule has 2 aromatic rings. The number of carbonyl (C=O) groups excluding carboxylic acids is 1. The highest BCUT2D eigenvalue weighted by atomic mass is 32.1. The molecule has 4 rings (SSSR count). The lowest BCUT2D eigenvalue weighted by molar-refractivity contribution is 0.0702. The van der Waals surface area contributed by atoms with Gasteiger partial charge in [0.2, 0.25) is 0 Å². The second-order valence-corrected chi connectivity index (χ2v) is 7.41. The van der Waals surface area contributed by atoms with E-state index in [0.29, 0.717) is 4.77 Å². The number of aromatic nitrogens is 3. The molecule has 2 aliphatic rings. The summed E-state index contributed by atoms with van der Waals surface area (Å²) in [5.41, 5.74) is 3.53. The summed E-state index contributed by atoms with van der Waals surface area (Å²) in [6.07, 6.45) is 5.35. The third-order valence-corrected chi connectivity index (χ3v) is 5.87. The van der Waals surface area contributed by atoms with Crippen molar-refractivity contribution in [3.8, 4) is 0 Å². The average Bonchev–Trinajstić information content (AvgIpc) is 3.27. The molecule has 2 heterocycles. The van der Waals surface area contributed by atoms with Gasteiger partial charge in [0, 0.05) is 31.1 Å². The van der Waals surface area contributed by atoms with Gasteiger partial charge in [0.25, 0.3) is 5.91 Å². The second-order valence-electron chi connectivity index (χ2n) is 7.02. The normalized spacial score (nSPS) is 19.9. The Morgan fingerprint density at radius 3 is 3.08 bits per heavy atom. The number of H-pyrrole nitrogens is 1. The lowest BCUT2D eigenvalue weighted by Gasteiger charge is -2.33. The summed E-state index contributed by atoms with van der Waals surface area (Å²) in [6.45, 7) is 4.44. The van der Waals surface area contributed by atoms with Crippen LogP contribution in [0.25, 0.3) is 0 Å². The number of hydrogen-bond acceptors (Lipinski definition) is 3. The molecule has 5 nitrogen and oxygen atoms in total. The minimum atomic E-state index is 0.181. The summed E-state index contributed by atoms with van der Waals surface area (Å²) in [4.78, 5) is 15.2. The van der Waals surface area contributed by atoms with Crippen LogP contribution in [-0.2, 0) is 19.4 Å². The number of benzene rings is 1. The Balaban J connectivity index is 1.58. The zero-order valence-corrected chi connectivity index (χ0v) is 15.4. The number of nitrogens with one attached hydrogen (secondary N) is 1. The highest BCUT2D eigenvalue weighted by molar-refractivity contribution is 7.71. The van der Waals surface area contributed by atoms with Gasteiger partial charge in [-0.3, -0.25) is 9.89 Å². The Morgan fingerprint density at radius 2 is 2.24 bits per heavy atom. The van der Waals surface area contributed by atoms with Crippen molar-refractivity contribution in [1.29, 1.82) is 0 Å². The molecule has 1 aromatic heterocycles. The standard InChI is InChI=1S/C19H24N4OS/c1-2-23-17(20-21-19(23)25)14-8-5-11-22(12-14)18(24)16-10-4-7-13-6-3-9-15(13)16/h4,7,10,14H,2-3,5-6,8-9,11-12H2,1H3,(H,21,25)/t14-/m1/s1. The molecule has 1 aromatic carbocycles. The van der Waals surface area contributed by atoms with Crippen molar-refractivity contribution in [2.45, 2.75) is 51.5 Å². The number of rotatable bonds is 3. The molecule has 1 saturated heterocycles. The van der Waals surface area contributed by atoms with E-state index in [1.165, 1.54) is 11.1 Å². The largest absolute Gasteiger partial charge is 0.338 e. The van der Waals surface area contributed by atoms with E-state index < -0.39 is 0 Å². The van der Waals surface area contributed by atoms with Gasteiger partial charge in [-0.05, 0) is 68.4 Å². The predicted octanol–water partition coefficient (Wildman–Crippen LogP) is 3.47. The van der Waals surface area contributed by atoms with Crippen molar-refractivity contribution in [1.82, 2.24) is 19.7 Å². The van der Waals surface area contributed by atoms with Gasteiger partial charge in [-0.15, -0.1) is 0 Å². The van der Waals surface area contributed by atoms with Crippen molar-refractivity contribution in [3.05, 3.63) is 45.5 Å². The van der Waals surface area contributed by atoms with Gasteiger partial charge in [0.1, 0.15) is 5.82 Å². The van der Waals surface area contributed by atoms with E-state index in [1.54, 1.807) is 0 Å². The zero-order chi connectivity index (χ0) is 17.4. The van der Waals surface area contributed by atoms with Crippen LogP contribution in [0.5, 0.6) is 0 Å². The Labute approximate surface area is 153 Å². The second kappa shape index (κ2) is 6.75. The Kier molecular flexibility index (Phi) is 4.46. The summed E-state index contributed by atoms with van der Waals surface area (Å²) in [7, 11) is 0. The molecule has 1 aliphatic carbocycles. The molecule has 0 saturated carbocycles. The first-order chi connectivity index (χ1) is 12.2. The molecule has 1 amide bonds. The first-order valence-electron chi connectivity index (χ1n) is 9.24. The number of hydrogen-bond donors (Lipinski definition) is 1. The number of nitrogens with zero attached hydrogens (tertiary/aromatic N) is 3. The highest BCUT2D eigenvalue weighted by Crippen LogP contribution is 2.30. The van der Waals surface area contributed by atoms with Crippen LogP contribution in [0.1, 0.15) is 59.4 Å². The fourth-order valence-electron chi connectivity index (χ4n) is 4.31. The fourth-order valence-corrected chi connectivity index (χ4v) is 4.58. The lowest BCUT2D eigenvalue weighted by atomic mass is 9.95. The minimum absolute atomic E-state index is 0.181. The molecule has 0 radical (unpaired) electrons. The Bertz CT molecular complexity index is 853. The zero-order valence-electron chi connectivity index (χ0n) is 14.6. The van der Waals surface area contributed by atoms with Crippen LogP contribution >= 0.6 is 12.2 Å². The van der Waals surface area contributed by atoms with Crippen molar-refractivity contribution in [2.24, 2.45) is 0 Å². The molecule has 0 bridgehead atoms. The van der Waals surface area contributed by atoms with Crippen LogP contribution in [0, 0.1) is 4.77 Å².